The number of aromatic amines is 1. The molecule has 0 spiro atoms. The Balaban J connectivity index is 0.000000322. The van der Waals surface area contributed by atoms with Gasteiger partial charge in [0.2, 0.25) is 0 Å². The highest BCUT2D eigenvalue weighted by Crippen LogP contribution is 2.13. The number of H-pyrrole nitrogens is 1. The number of para-hydroxylation sites is 1. The van der Waals surface area contributed by atoms with Crippen molar-refractivity contribution in [2.24, 2.45) is 0 Å². The standard InChI is InChI=1S/C13H16N2O.C2HF3O2/c1-15(2)8-7-11-9-10-5-3-4-6-12(10)14-13(11)16;3-2(4,5)1(6)7/h3-6,9H,7-8H2,1-2H3,(H,14,16);(H,6,7). The summed E-state index contributed by atoms with van der Waals surface area (Å²) < 4.78 is 31.7. The van der Waals surface area contributed by atoms with Gasteiger partial charge in [-0.2, -0.15) is 13.2 Å². The molecular formula is C15H17F3N2O3. The maximum atomic E-state index is 11.8. The van der Waals surface area contributed by atoms with Gasteiger partial charge in [-0.1, -0.05) is 18.2 Å². The lowest BCUT2D eigenvalue weighted by molar-refractivity contribution is -0.192. The van der Waals surface area contributed by atoms with E-state index in [0.29, 0.717) is 0 Å². The Kier molecular flexibility index (Phi) is 6.32. The number of pyridine rings is 1. The van der Waals surface area contributed by atoms with Crippen LogP contribution >= 0.6 is 0 Å². The number of benzene rings is 1. The van der Waals surface area contributed by atoms with Gasteiger partial charge in [-0.15, -0.1) is 0 Å². The molecule has 0 aliphatic carbocycles. The summed E-state index contributed by atoms with van der Waals surface area (Å²) in [6.07, 6.45) is -4.30. The maximum absolute atomic E-state index is 11.8. The second-order valence-corrected chi connectivity index (χ2v) is 5.07. The topological polar surface area (TPSA) is 73.4 Å². The summed E-state index contributed by atoms with van der Waals surface area (Å²) in [5.41, 5.74) is 1.79. The smallest absolute Gasteiger partial charge is 0.475 e. The predicted octanol–water partition coefficient (Wildman–Crippen LogP) is 2.27. The number of likely N-dealkylation sites (N-methyl/N-ethyl adjacent to an activating group) is 1. The molecule has 0 aliphatic heterocycles. The molecular weight excluding hydrogens is 313 g/mol. The molecule has 126 valence electrons. The molecule has 0 atom stereocenters. The van der Waals surface area contributed by atoms with E-state index in [9.17, 15) is 18.0 Å². The van der Waals surface area contributed by atoms with Crippen molar-refractivity contribution >= 4 is 16.9 Å². The molecule has 0 radical (unpaired) electrons. The van der Waals surface area contributed by atoms with E-state index in [2.05, 4.69) is 9.88 Å². The third-order valence-electron chi connectivity index (χ3n) is 2.90. The zero-order valence-corrected chi connectivity index (χ0v) is 12.6. The summed E-state index contributed by atoms with van der Waals surface area (Å²) in [5, 5.41) is 8.22. The largest absolute Gasteiger partial charge is 0.490 e. The van der Waals surface area contributed by atoms with Crippen LogP contribution in [0.3, 0.4) is 0 Å². The van der Waals surface area contributed by atoms with Gasteiger partial charge in [0.15, 0.2) is 0 Å². The minimum Gasteiger partial charge on any atom is -0.475 e. The van der Waals surface area contributed by atoms with Gasteiger partial charge in [-0.3, -0.25) is 4.79 Å². The minimum atomic E-state index is -5.08. The van der Waals surface area contributed by atoms with Gasteiger partial charge in [-0.05, 0) is 38.0 Å². The number of hydrogen-bond donors (Lipinski definition) is 2. The van der Waals surface area contributed by atoms with Crippen molar-refractivity contribution in [2.75, 3.05) is 20.6 Å². The van der Waals surface area contributed by atoms with Gasteiger partial charge < -0.3 is 15.0 Å². The van der Waals surface area contributed by atoms with Crippen LogP contribution in [-0.2, 0) is 11.2 Å². The second-order valence-electron chi connectivity index (χ2n) is 5.07. The lowest BCUT2D eigenvalue weighted by Crippen LogP contribution is -2.21. The molecule has 0 aliphatic rings. The van der Waals surface area contributed by atoms with E-state index in [0.717, 1.165) is 29.4 Å². The summed E-state index contributed by atoms with van der Waals surface area (Å²) in [6.45, 7) is 0.890. The molecule has 0 saturated carbocycles. The van der Waals surface area contributed by atoms with E-state index in [-0.39, 0.29) is 5.56 Å². The van der Waals surface area contributed by atoms with Crippen molar-refractivity contribution in [3.63, 3.8) is 0 Å². The van der Waals surface area contributed by atoms with Crippen LogP contribution in [0.1, 0.15) is 5.56 Å². The van der Waals surface area contributed by atoms with E-state index in [1.165, 1.54) is 0 Å². The van der Waals surface area contributed by atoms with Crippen molar-refractivity contribution in [3.05, 3.63) is 46.2 Å². The van der Waals surface area contributed by atoms with Crippen molar-refractivity contribution < 1.29 is 23.1 Å². The van der Waals surface area contributed by atoms with E-state index < -0.39 is 12.1 Å². The van der Waals surface area contributed by atoms with Gasteiger partial charge in [-0.25, -0.2) is 4.79 Å². The van der Waals surface area contributed by atoms with Crippen LogP contribution in [0.5, 0.6) is 0 Å². The van der Waals surface area contributed by atoms with Gasteiger partial charge >= 0.3 is 12.1 Å². The van der Waals surface area contributed by atoms with Crippen LogP contribution in [0.15, 0.2) is 35.1 Å². The first-order chi connectivity index (χ1) is 10.6. The van der Waals surface area contributed by atoms with Crippen LogP contribution in [0.25, 0.3) is 10.9 Å². The monoisotopic (exact) mass is 330 g/mol. The number of aliphatic carboxylic acids is 1. The van der Waals surface area contributed by atoms with Gasteiger partial charge in [0.1, 0.15) is 0 Å². The summed E-state index contributed by atoms with van der Waals surface area (Å²) in [5.74, 6) is -2.76. The quantitative estimate of drug-likeness (QED) is 0.905. The Morgan fingerprint density at radius 3 is 2.35 bits per heavy atom. The first-order valence-corrected chi connectivity index (χ1v) is 6.67. The fourth-order valence-corrected chi connectivity index (χ4v) is 1.72. The van der Waals surface area contributed by atoms with Crippen LogP contribution in [-0.4, -0.2) is 47.8 Å². The Bertz CT molecular complexity index is 724. The second kappa shape index (κ2) is 7.77. The Hall–Kier alpha value is -2.35. The number of carbonyl (C=O) groups is 1. The zero-order chi connectivity index (χ0) is 17.6. The number of halogens is 3. The molecule has 0 saturated heterocycles. The van der Waals surface area contributed by atoms with Crippen LogP contribution in [0.2, 0.25) is 0 Å². The highest BCUT2D eigenvalue weighted by atomic mass is 19.4. The minimum absolute atomic E-state index is 0.0283. The third-order valence-corrected chi connectivity index (χ3v) is 2.90. The molecule has 23 heavy (non-hydrogen) atoms. The predicted molar refractivity (Wildman–Crippen MR) is 80.5 cm³/mol. The van der Waals surface area contributed by atoms with E-state index in [1.54, 1.807) is 0 Å². The summed E-state index contributed by atoms with van der Waals surface area (Å²) in [4.78, 5) is 25.7. The Morgan fingerprint density at radius 2 is 1.83 bits per heavy atom. The van der Waals surface area contributed by atoms with E-state index in [1.807, 2.05) is 44.4 Å². The molecule has 1 aromatic heterocycles. The molecule has 1 heterocycles. The number of nitrogens with one attached hydrogen (secondary N) is 1. The molecule has 5 nitrogen and oxygen atoms in total. The number of nitrogens with zero attached hydrogens (tertiary/aromatic N) is 1. The fourth-order valence-electron chi connectivity index (χ4n) is 1.72. The average molecular weight is 330 g/mol. The molecule has 0 fully saturated rings. The molecule has 2 aromatic rings. The Labute approximate surface area is 130 Å². The molecule has 1 aromatic carbocycles. The van der Waals surface area contributed by atoms with Crippen LogP contribution in [0, 0.1) is 0 Å². The number of carboxylic acid groups (broad SMARTS) is 1. The van der Waals surface area contributed by atoms with Gasteiger partial charge in [0.05, 0.1) is 0 Å². The lowest BCUT2D eigenvalue weighted by atomic mass is 10.1. The average Bonchev–Trinajstić information content (AvgIpc) is 2.44. The lowest BCUT2D eigenvalue weighted by Gasteiger charge is -2.09. The first kappa shape index (κ1) is 18.7. The van der Waals surface area contributed by atoms with Crippen molar-refractivity contribution in [1.82, 2.24) is 9.88 Å². The summed E-state index contributed by atoms with van der Waals surface area (Å²) in [6, 6.07) is 9.84. The summed E-state index contributed by atoms with van der Waals surface area (Å²) >= 11 is 0. The Morgan fingerprint density at radius 1 is 1.26 bits per heavy atom. The summed E-state index contributed by atoms with van der Waals surface area (Å²) in [7, 11) is 4.02. The molecule has 2 rings (SSSR count). The van der Waals surface area contributed by atoms with Crippen molar-refractivity contribution in [3.8, 4) is 0 Å². The maximum Gasteiger partial charge on any atom is 0.490 e. The van der Waals surface area contributed by atoms with E-state index >= 15 is 0 Å². The zero-order valence-electron chi connectivity index (χ0n) is 12.6. The van der Waals surface area contributed by atoms with Gasteiger partial charge in [0, 0.05) is 17.6 Å². The molecule has 8 heteroatoms. The van der Waals surface area contributed by atoms with E-state index in [4.69, 9.17) is 9.90 Å². The first-order valence-electron chi connectivity index (χ1n) is 6.67. The molecule has 0 amide bonds. The number of hydrogen-bond acceptors (Lipinski definition) is 3. The van der Waals surface area contributed by atoms with Crippen LogP contribution < -0.4 is 5.56 Å². The molecule has 2 N–H and O–H groups in total. The normalized spacial score (nSPS) is 11.2. The third kappa shape index (κ3) is 6.11. The highest BCUT2D eigenvalue weighted by Gasteiger charge is 2.38. The number of alkyl halides is 3. The molecule has 0 unspecified atom stereocenters. The van der Waals surface area contributed by atoms with Crippen LogP contribution in [0.4, 0.5) is 13.2 Å². The molecule has 0 bridgehead atoms. The number of fused-ring (bicyclic) bond motifs is 1. The fraction of sp³-hybridized carbons (Fsp3) is 0.333. The number of rotatable bonds is 3. The highest BCUT2D eigenvalue weighted by molar-refractivity contribution is 5.78. The SMILES string of the molecule is CN(C)CCc1cc2ccccc2[nH]c1=O.O=C(O)C(F)(F)F. The van der Waals surface area contributed by atoms with Crippen molar-refractivity contribution in [1.29, 1.82) is 0 Å². The van der Waals surface area contributed by atoms with Gasteiger partial charge in [0.25, 0.3) is 5.56 Å². The number of carboxylic acids is 1. The number of aromatic nitrogens is 1. The van der Waals surface area contributed by atoms with Crippen molar-refractivity contribution in [2.45, 2.75) is 12.6 Å².